The topological polar surface area (TPSA) is 205 Å². The van der Waals surface area contributed by atoms with Crippen LogP contribution in [-0.4, -0.2) is 139 Å². The molecule has 2 aromatic heterocycles. The molecule has 1 unspecified atom stereocenters. The van der Waals surface area contributed by atoms with Gasteiger partial charge in [-0.1, -0.05) is 12.8 Å². The minimum Gasteiger partial charge on any atom is -0.444 e. The third-order valence-corrected chi connectivity index (χ3v) is 8.74. The van der Waals surface area contributed by atoms with Crippen molar-refractivity contribution < 1.29 is 33.4 Å². The van der Waals surface area contributed by atoms with E-state index in [0.29, 0.717) is 29.8 Å². The van der Waals surface area contributed by atoms with Gasteiger partial charge in [0.05, 0.1) is 6.33 Å². The zero-order chi connectivity index (χ0) is 41.0. The number of nitrogens with two attached hydrogens (primary N) is 2. The summed E-state index contributed by atoms with van der Waals surface area (Å²) in [6.45, 7) is 18.2. The molecule has 0 spiro atoms. The summed E-state index contributed by atoms with van der Waals surface area (Å²) in [5.74, 6) is 0.294. The number of ether oxygens (including phenoxy) is 3. The smallest absolute Gasteiger partial charge is 0.410 e. The second kappa shape index (κ2) is 20.0. The number of carbonyl (C=O) groups is 4. The maximum absolute atomic E-state index is 13.7. The number of carbonyl (C=O) groups excluding carboxylic acids is 4. The molecule has 0 radical (unpaired) electrons. The Hall–Kier alpha value is -4.41. The Kier molecular flexibility index (Phi) is 16.3. The SMILES string of the molecule is CC(C)(C)OC(=O)N1CCN(C(=O)CCCCCC(N)CCCn2cnc3c(N)ncnc32)CCN(C(=O)OC(C)(C)C)CCN(C(=O)OC(C)(C)C)CC1. The molecule has 3 rings (SSSR count). The van der Waals surface area contributed by atoms with Crippen LogP contribution in [0.25, 0.3) is 11.2 Å². The zero-order valence-corrected chi connectivity index (χ0v) is 34.6. The molecule has 2 aromatic rings. The Labute approximate surface area is 326 Å². The third kappa shape index (κ3) is 16.1. The molecule has 0 aromatic carbocycles. The fourth-order valence-corrected chi connectivity index (χ4v) is 5.94. The number of hydrogen-bond acceptors (Lipinski definition) is 12. The molecule has 1 fully saturated rings. The van der Waals surface area contributed by atoms with Crippen LogP contribution in [0.5, 0.6) is 0 Å². The molecule has 4 N–H and O–H groups in total. The van der Waals surface area contributed by atoms with Gasteiger partial charge in [-0.25, -0.2) is 29.3 Å². The number of imidazole rings is 1. The standard InChI is InChI=1S/C38H66N10O7/c1-36(2,3)53-33(50)45-20-18-44(19-21-46(34(51)54-37(4,5)6)23-25-47(24-22-45)35(52)55-38(7,8)9)29(49)16-12-10-11-14-28(39)15-13-17-48-27-43-30-31(40)41-26-42-32(30)48/h26-28H,10-25,39H2,1-9H3,(H2,40,41,42). The number of nitrogen functional groups attached to an aromatic ring is 1. The minimum absolute atomic E-state index is 0.0316. The van der Waals surface area contributed by atoms with Crippen molar-refractivity contribution in [3.05, 3.63) is 12.7 Å². The van der Waals surface area contributed by atoms with Crippen molar-refractivity contribution >= 4 is 41.2 Å². The van der Waals surface area contributed by atoms with Crippen LogP contribution in [0.4, 0.5) is 20.2 Å². The molecule has 1 aliphatic rings. The Bertz CT molecular complexity index is 1520. The summed E-state index contributed by atoms with van der Waals surface area (Å²) in [6.07, 6.45) is 6.80. The second-order valence-electron chi connectivity index (χ2n) is 17.2. The first-order valence-corrected chi connectivity index (χ1v) is 19.5. The maximum Gasteiger partial charge on any atom is 0.410 e. The van der Waals surface area contributed by atoms with Gasteiger partial charge in [0.1, 0.15) is 28.6 Å². The van der Waals surface area contributed by atoms with E-state index in [4.69, 9.17) is 25.7 Å². The predicted octanol–water partition coefficient (Wildman–Crippen LogP) is 5.02. The van der Waals surface area contributed by atoms with Crippen molar-refractivity contribution in [1.82, 2.24) is 39.1 Å². The highest BCUT2D eigenvalue weighted by atomic mass is 16.6. The zero-order valence-electron chi connectivity index (χ0n) is 34.6. The fraction of sp³-hybridized carbons (Fsp3) is 0.763. The van der Waals surface area contributed by atoms with Crippen LogP contribution >= 0.6 is 0 Å². The van der Waals surface area contributed by atoms with E-state index in [2.05, 4.69) is 15.0 Å². The van der Waals surface area contributed by atoms with E-state index < -0.39 is 35.1 Å². The van der Waals surface area contributed by atoms with Crippen molar-refractivity contribution in [3.8, 4) is 0 Å². The van der Waals surface area contributed by atoms with E-state index in [0.717, 1.165) is 38.6 Å². The van der Waals surface area contributed by atoms with Gasteiger partial charge < -0.3 is 49.8 Å². The summed E-state index contributed by atoms with van der Waals surface area (Å²) in [4.78, 5) is 72.5. The van der Waals surface area contributed by atoms with Gasteiger partial charge in [0.2, 0.25) is 5.91 Å². The number of hydrogen-bond donors (Lipinski definition) is 2. The number of rotatable bonds is 10. The van der Waals surface area contributed by atoms with Gasteiger partial charge in [-0.2, -0.15) is 0 Å². The molecule has 4 amide bonds. The molecule has 17 nitrogen and oxygen atoms in total. The number of anilines is 1. The number of unbranched alkanes of at least 4 members (excludes halogenated alkanes) is 2. The van der Waals surface area contributed by atoms with E-state index in [9.17, 15) is 19.2 Å². The molecule has 1 saturated heterocycles. The molecule has 0 bridgehead atoms. The number of fused-ring (bicyclic) bond motifs is 1. The molecular weight excluding hydrogens is 708 g/mol. The molecule has 0 saturated carbocycles. The number of aryl methyl sites for hydroxylation is 1. The largest absolute Gasteiger partial charge is 0.444 e. The molecule has 3 heterocycles. The van der Waals surface area contributed by atoms with Crippen LogP contribution in [0.3, 0.4) is 0 Å². The minimum atomic E-state index is -0.743. The van der Waals surface area contributed by atoms with Gasteiger partial charge in [-0.15, -0.1) is 0 Å². The normalized spacial score (nSPS) is 16.0. The van der Waals surface area contributed by atoms with Crippen LogP contribution < -0.4 is 11.5 Å². The van der Waals surface area contributed by atoms with Gasteiger partial charge in [0, 0.05) is 71.4 Å². The van der Waals surface area contributed by atoms with E-state index in [1.165, 1.54) is 21.0 Å². The van der Waals surface area contributed by atoms with Crippen LogP contribution in [0.1, 0.15) is 107 Å². The first-order valence-electron chi connectivity index (χ1n) is 19.5. The highest BCUT2D eigenvalue weighted by Gasteiger charge is 2.30. The van der Waals surface area contributed by atoms with Crippen LogP contribution in [0, 0.1) is 0 Å². The Morgan fingerprint density at radius 3 is 1.53 bits per heavy atom. The van der Waals surface area contributed by atoms with Crippen LogP contribution in [0.2, 0.25) is 0 Å². The molecule has 0 aliphatic carbocycles. The summed E-state index contributed by atoms with van der Waals surface area (Å²) >= 11 is 0. The number of nitrogens with zero attached hydrogens (tertiary/aromatic N) is 8. The molecular formula is C38H66N10O7. The third-order valence-electron chi connectivity index (χ3n) is 8.74. The van der Waals surface area contributed by atoms with E-state index >= 15 is 0 Å². The van der Waals surface area contributed by atoms with E-state index in [-0.39, 0.29) is 64.3 Å². The van der Waals surface area contributed by atoms with Crippen molar-refractivity contribution in [2.75, 3.05) is 58.1 Å². The summed E-state index contributed by atoms with van der Waals surface area (Å²) in [7, 11) is 0. The Morgan fingerprint density at radius 1 is 0.636 bits per heavy atom. The van der Waals surface area contributed by atoms with Crippen molar-refractivity contribution in [1.29, 1.82) is 0 Å². The molecule has 17 heteroatoms. The quantitative estimate of drug-likeness (QED) is 0.241. The first kappa shape index (κ1) is 45.0. The van der Waals surface area contributed by atoms with Crippen molar-refractivity contribution in [2.45, 2.75) is 137 Å². The second-order valence-corrected chi connectivity index (χ2v) is 17.2. The van der Waals surface area contributed by atoms with Gasteiger partial charge >= 0.3 is 18.3 Å². The lowest BCUT2D eigenvalue weighted by molar-refractivity contribution is -0.132. The van der Waals surface area contributed by atoms with E-state index in [1.807, 2.05) is 4.57 Å². The lowest BCUT2D eigenvalue weighted by Gasteiger charge is -2.36. The first-order chi connectivity index (χ1) is 25.6. The van der Waals surface area contributed by atoms with Crippen LogP contribution in [0.15, 0.2) is 12.7 Å². The average Bonchev–Trinajstić information content (AvgIpc) is 3.46. The number of amides is 4. The van der Waals surface area contributed by atoms with Gasteiger partial charge in [0.15, 0.2) is 11.5 Å². The average molecular weight is 775 g/mol. The van der Waals surface area contributed by atoms with Gasteiger partial charge in [-0.3, -0.25) is 4.79 Å². The summed E-state index contributed by atoms with van der Waals surface area (Å²) < 4.78 is 19.0. The lowest BCUT2D eigenvalue weighted by Crippen LogP contribution is -2.52. The summed E-state index contributed by atoms with van der Waals surface area (Å²) in [5, 5.41) is 0. The highest BCUT2D eigenvalue weighted by molar-refractivity contribution is 5.81. The Balaban J connectivity index is 1.62. The summed E-state index contributed by atoms with van der Waals surface area (Å²) in [5.41, 5.74) is 11.4. The van der Waals surface area contributed by atoms with Gasteiger partial charge in [0.25, 0.3) is 0 Å². The molecule has 310 valence electrons. The molecule has 55 heavy (non-hydrogen) atoms. The van der Waals surface area contributed by atoms with E-state index in [1.54, 1.807) is 73.5 Å². The van der Waals surface area contributed by atoms with Crippen LogP contribution in [-0.2, 0) is 25.5 Å². The fourth-order valence-electron chi connectivity index (χ4n) is 5.94. The van der Waals surface area contributed by atoms with Gasteiger partial charge in [-0.05, 0) is 88.0 Å². The lowest BCUT2D eigenvalue weighted by atomic mass is 10.0. The maximum atomic E-state index is 13.7. The predicted molar refractivity (Wildman–Crippen MR) is 210 cm³/mol. The Morgan fingerprint density at radius 2 is 1.07 bits per heavy atom. The monoisotopic (exact) mass is 775 g/mol. The van der Waals surface area contributed by atoms with Crippen molar-refractivity contribution in [2.24, 2.45) is 5.73 Å². The molecule has 1 aliphatic heterocycles. The molecule has 1 atom stereocenters. The highest BCUT2D eigenvalue weighted by Crippen LogP contribution is 2.18. The number of aromatic nitrogens is 4. The summed E-state index contributed by atoms with van der Waals surface area (Å²) in [6, 6.07) is 0.0316. The van der Waals surface area contributed by atoms with Crippen molar-refractivity contribution in [3.63, 3.8) is 0 Å².